The number of piperidine rings is 1. The molecule has 0 N–H and O–H groups in total. The molecule has 1 aromatic rings. The van der Waals surface area contributed by atoms with Gasteiger partial charge in [0.15, 0.2) is 0 Å². The van der Waals surface area contributed by atoms with Crippen LogP contribution in [0.4, 0.5) is 0 Å². The van der Waals surface area contributed by atoms with Crippen LogP contribution < -0.4 is 4.74 Å². The summed E-state index contributed by atoms with van der Waals surface area (Å²) in [6, 6.07) is 7.91. The van der Waals surface area contributed by atoms with Gasteiger partial charge in [-0.05, 0) is 49.8 Å². The van der Waals surface area contributed by atoms with E-state index in [0.717, 1.165) is 56.5 Å². The van der Waals surface area contributed by atoms with Crippen molar-refractivity contribution in [2.75, 3.05) is 26.7 Å². The zero-order chi connectivity index (χ0) is 17.4. The predicted molar refractivity (Wildman–Crippen MR) is 94.0 cm³/mol. The van der Waals surface area contributed by atoms with Gasteiger partial charge in [-0.25, -0.2) is 0 Å². The van der Waals surface area contributed by atoms with Crippen molar-refractivity contribution in [1.29, 1.82) is 0 Å². The Balaban J connectivity index is 1.46. The predicted octanol–water partition coefficient (Wildman–Crippen LogP) is 2.45. The third-order valence-electron chi connectivity index (χ3n) is 5.92. The molecule has 0 unspecified atom stereocenters. The lowest BCUT2D eigenvalue weighted by molar-refractivity contribution is -0.147. The molecule has 5 heteroatoms. The molecule has 0 radical (unpaired) electrons. The van der Waals surface area contributed by atoms with Crippen molar-refractivity contribution in [1.82, 2.24) is 9.80 Å². The normalized spacial score (nSPS) is 26.4. The average molecular weight is 342 g/mol. The number of rotatable bonds is 4. The molecule has 1 aliphatic carbocycles. The Bertz CT molecular complexity index is 685. The van der Waals surface area contributed by atoms with Crippen molar-refractivity contribution in [3.05, 3.63) is 29.8 Å². The van der Waals surface area contributed by atoms with Crippen LogP contribution in [0, 0.1) is 11.3 Å². The van der Waals surface area contributed by atoms with Gasteiger partial charge in [0.2, 0.25) is 11.8 Å². The van der Waals surface area contributed by atoms with Crippen LogP contribution in [-0.2, 0) is 16.1 Å². The molecular weight excluding hydrogens is 316 g/mol. The van der Waals surface area contributed by atoms with Gasteiger partial charge in [-0.15, -0.1) is 0 Å². The second-order valence-electron chi connectivity index (χ2n) is 7.75. The van der Waals surface area contributed by atoms with Crippen LogP contribution in [0.1, 0.15) is 37.7 Å². The third-order valence-corrected chi connectivity index (χ3v) is 5.92. The maximum Gasteiger partial charge on any atom is 0.230 e. The molecule has 134 valence electrons. The Morgan fingerprint density at radius 1 is 1.28 bits per heavy atom. The summed E-state index contributed by atoms with van der Waals surface area (Å²) in [5.74, 6) is 1.56. The average Bonchev–Trinajstić information content (AvgIpc) is 3.40. The van der Waals surface area contributed by atoms with Crippen LogP contribution >= 0.6 is 0 Å². The summed E-state index contributed by atoms with van der Waals surface area (Å²) in [5, 5.41) is 0. The molecule has 2 heterocycles. The third kappa shape index (κ3) is 3.12. The van der Waals surface area contributed by atoms with Crippen LogP contribution in [0.15, 0.2) is 24.3 Å². The molecule has 2 saturated heterocycles. The van der Waals surface area contributed by atoms with E-state index in [1.165, 1.54) is 0 Å². The second kappa shape index (κ2) is 6.36. The number of benzene rings is 1. The van der Waals surface area contributed by atoms with Crippen molar-refractivity contribution in [2.45, 2.75) is 38.6 Å². The van der Waals surface area contributed by atoms with E-state index in [0.29, 0.717) is 13.1 Å². The molecule has 0 bridgehead atoms. The second-order valence-corrected chi connectivity index (χ2v) is 7.75. The van der Waals surface area contributed by atoms with Gasteiger partial charge in [0.25, 0.3) is 0 Å². The number of carbonyl (C=O) groups is 2. The van der Waals surface area contributed by atoms with Crippen LogP contribution in [0.25, 0.3) is 0 Å². The zero-order valence-corrected chi connectivity index (χ0v) is 14.9. The maximum atomic E-state index is 13.2. The SMILES string of the molecule is COc1cccc(CN2CCC[C@]3(CCN(C(=O)C4CC4)C3)C2=O)c1. The molecule has 3 aliphatic rings. The van der Waals surface area contributed by atoms with Gasteiger partial charge >= 0.3 is 0 Å². The van der Waals surface area contributed by atoms with Gasteiger partial charge in [0.1, 0.15) is 5.75 Å². The van der Waals surface area contributed by atoms with E-state index in [-0.39, 0.29) is 23.1 Å². The smallest absolute Gasteiger partial charge is 0.230 e. The standard InChI is InChI=1S/C20H26N2O3/c1-25-17-5-2-4-15(12-17)13-21-10-3-8-20(19(21)24)9-11-22(14-20)18(23)16-6-7-16/h2,4-5,12,16H,3,6-11,13-14H2,1H3/t20-/m1/s1. The van der Waals surface area contributed by atoms with Crippen LogP contribution in [0.2, 0.25) is 0 Å². The van der Waals surface area contributed by atoms with E-state index in [9.17, 15) is 9.59 Å². The molecular formula is C20H26N2O3. The highest BCUT2D eigenvalue weighted by Gasteiger charge is 2.50. The van der Waals surface area contributed by atoms with Gasteiger partial charge in [-0.2, -0.15) is 0 Å². The van der Waals surface area contributed by atoms with E-state index in [1.54, 1.807) is 7.11 Å². The first kappa shape index (κ1) is 16.4. The number of hydrogen-bond donors (Lipinski definition) is 0. The lowest BCUT2D eigenvalue weighted by atomic mass is 9.78. The zero-order valence-electron chi connectivity index (χ0n) is 14.9. The maximum absolute atomic E-state index is 13.2. The topological polar surface area (TPSA) is 49.9 Å². The molecule has 1 saturated carbocycles. The Kier molecular flexibility index (Phi) is 4.18. The van der Waals surface area contributed by atoms with E-state index >= 15 is 0 Å². The number of amides is 2. The largest absolute Gasteiger partial charge is 0.497 e. The molecule has 25 heavy (non-hydrogen) atoms. The van der Waals surface area contributed by atoms with Gasteiger partial charge in [0, 0.05) is 32.1 Å². The van der Waals surface area contributed by atoms with Gasteiger partial charge < -0.3 is 14.5 Å². The highest BCUT2D eigenvalue weighted by Crippen LogP contribution is 2.42. The summed E-state index contributed by atoms with van der Waals surface area (Å²) in [4.78, 5) is 29.5. The van der Waals surface area contributed by atoms with E-state index in [1.807, 2.05) is 34.1 Å². The number of nitrogens with zero attached hydrogens (tertiary/aromatic N) is 2. The molecule has 1 aromatic carbocycles. The minimum absolute atomic E-state index is 0.229. The summed E-state index contributed by atoms with van der Waals surface area (Å²) in [7, 11) is 1.66. The van der Waals surface area contributed by atoms with Crippen LogP contribution in [0.3, 0.4) is 0 Å². The van der Waals surface area contributed by atoms with Crippen molar-refractivity contribution < 1.29 is 14.3 Å². The summed E-state index contributed by atoms with van der Waals surface area (Å²) < 4.78 is 5.29. The lowest BCUT2D eigenvalue weighted by Crippen LogP contribution is -2.50. The molecule has 3 fully saturated rings. The van der Waals surface area contributed by atoms with Gasteiger partial charge in [0.05, 0.1) is 12.5 Å². The number of methoxy groups -OCH3 is 1. The highest BCUT2D eigenvalue weighted by atomic mass is 16.5. The Hall–Kier alpha value is -2.04. The van der Waals surface area contributed by atoms with Gasteiger partial charge in [-0.3, -0.25) is 9.59 Å². The number of ether oxygens (including phenoxy) is 1. The van der Waals surface area contributed by atoms with Crippen LogP contribution in [0.5, 0.6) is 5.75 Å². The molecule has 1 atom stereocenters. The fourth-order valence-corrected chi connectivity index (χ4v) is 4.32. The minimum Gasteiger partial charge on any atom is -0.497 e. The minimum atomic E-state index is -0.346. The van der Waals surface area contributed by atoms with E-state index in [2.05, 4.69) is 0 Å². The number of hydrogen-bond acceptors (Lipinski definition) is 3. The summed E-state index contributed by atoms with van der Waals surface area (Å²) in [6.45, 7) is 2.78. The van der Waals surface area contributed by atoms with Crippen molar-refractivity contribution in [3.63, 3.8) is 0 Å². The monoisotopic (exact) mass is 342 g/mol. The summed E-state index contributed by atoms with van der Waals surface area (Å²) >= 11 is 0. The number of likely N-dealkylation sites (tertiary alicyclic amines) is 2. The molecule has 5 nitrogen and oxygen atoms in total. The van der Waals surface area contributed by atoms with Gasteiger partial charge in [-0.1, -0.05) is 12.1 Å². The first-order valence-electron chi connectivity index (χ1n) is 9.32. The lowest BCUT2D eigenvalue weighted by Gasteiger charge is -2.39. The van der Waals surface area contributed by atoms with E-state index in [4.69, 9.17) is 4.74 Å². The molecule has 1 spiro atoms. The molecule has 0 aromatic heterocycles. The fraction of sp³-hybridized carbons (Fsp3) is 0.600. The van der Waals surface area contributed by atoms with Crippen molar-refractivity contribution >= 4 is 11.8 Å². The van der Waals surface area contributed by atoms with Crippen molar-refractivity contribution in [2.24, 2.45) is 11.3 Å². The number of carbonyl (C=O) groups excluding carboxylic acids is 2. The summed E-state index contributed by atoms with van der Waals surface area (Å²) in [6.07, 6.45) is 4.80. The molecule has 4 rings (SSSR count). The fourth-order valence-electron chi connectivity index (χ4n) is 4.32. The summed E-state index contributed by atoms with van der Waals surface area (Å²) in [5.41, 5.74) is 0.746. The Morgan fingerprint density at radius 2 is 2.12 bits per heavy atom. The Morgan fingerprint density at radius 3 is 2.88 bits per heavy atom. The van der Waals surface area contributed by atoms with Crippen molar-refractivity contribution in [3.8, 4) is 5.75 Å². The first-order chi connectivity index (χ1) is 12.1. The molecule has 2 amide bonds. The first-order valence-corrected chi connectivity index (χ1v) is 9.32. The Labute approximate surface area is 148 Å². The van der Waals surface area contributed by atoms with E-state index < -0.39 is 0 Å². The quantitative estimate of drug-likeness (QED) is 0.844. The molecule has 2 aliphatic heterocycles. The van der Waals surface area contributed by atoms with Crippen LogP contribution in [-0.4, -0.2) is 48.4 Å². The highest BCUT2D eigenvalue weighted by molar-refractivity contribution is 5.87.